The van der Waals surface area contributed by atoms with Crippen molar-refractivity contribution in [3.05, 3.63) is 88.0 Å². The summed E-state index contributed by atoms with van der Waals surface area (Å²) in [7, 11) is 1.40. The minimum Gasteiger partial charge on any atom is -0.481 e. The number of carbonyl (C=O) groups excluding carboxylic acids is 1. The number of halogens is 1. The number of nitrogens with zero attached hydrogens (tertiary/aromatic N) is 3. The van der Waals surface area contributed by atoms with Gasteiger partial charge in [-0.05, 0) is 42.7 Å². The number of amides is 1. The van der Waals surface area contributed by atoms with E-state index in [2.05, 4.69) is 27.4 Å². The van der Waals surface area contributed by atoms with Gasteiger partial charge in [0.25, 0.3) is 5.91 Å². The summed E-state index contributed by atoms with van der Waals surface area (Å²) in [6.07, 6.45) is 1.59. The molecule has 0 radical (unpaired) electrons. The molecule has 0 atom stereocenters. The molecule has 1 aliphatic heterocycles. The summed E-state index contributed by atoms with van der Waals surface area (Å²) in [5.41, 5.74) is 0.992. The van der Waals surface area contributed by atoms with E-state index in [0.29, 0.717) is 5.69 Å². The van der Waals surface area contributed by atoms with Crippen molar-refractivity contribution in [3.63, 3.8) is 0 Å². The van der Waals surface area contributed by atoms with Crippen molar-refractivity contribution >= 4 is 5.91 Å². The zero-order valence-electron chi connectivity index (χ0n) is 17.8. The molecule has 1 N–H and O–H groups in total. The Morgan fingerprint density at radius 3 is 2.47 bits per heavy atom. The van der Waals surface area contributed by atoms with Crippen LogP contribution in [0, 0.1) is 5.82 Å². The van der Waals surface area contributed by atoms with Crippen LogP contribution >= 0.6 is 0 Å². The van der Waals surface area contributed by atoms with E-state index in [1.165, 1.54) is 47.7 Å². The Morgan fingerprint density at radius 1 is 1.12 bits per heavy atom. The fraction of sp³-hybridized carbons (Fsp3) is 0.292. The molecule has 1 fully saturated rings. The zero-order valence-corrected chi connectivity index (χ0v) is 17.8. The van der Waals surface area contributed by atoms with E-state index < -0.39 is 17.2 Å². The molecule has 1 saturated heterocycles. The number of carbonyl (C=O) groups is 1. The maximum atomic E-state index is 13.3. The smallest absolute Gasteiger partial charge is 0.276 e. The number of nitrogens with one attached hydrogen (secondary N) is 1. The number of ether oxygens (including phenoxy) is 1. The van der Waals surface area contributed by atoms with E-state index >= 15 is 0 Å². The Balaban J connectivity index is 1.44. The number of rotatable bonds is 6. The lowest BCUT2D eigenvalue weighted by molar-refractivity contribution is 0.0900. The lowest BCUT2D eigenvalue weighted by Gasteiger charge is -2.32. The largest absolute Gasteiger partial charge is 0.481 e. The molecule has 166 valence electrons. The van der Waals surface area contributed by atoms with E-state index in [-0.39, 0.29) is 17.6 Å². The molecular weight excluding hydrogens is 411 g/mol. The van der Waals surface area contributed by atoms with Gasteiger partial charge in [-0.3, -0.25) is 14.5 Å². The third kappa shape index (κ3) is 5.03. The van der Waals surface area contributed by atoms with Crippen molar-refractivity contribution in [1.29, 1.82) is 0 Å². The van der Waals surface area contributed by atoms with E-state index in [9.17, 15) is 14.0 Å². The van der Waals surface area contributed by atoms with Gasteiger partial charge in [0, 0.05) is 25.7 Å². The molecule has 1 aromatic heterocycles. The van der Waals surface area contributed by atoms with Crippen LogP contribution in [-0.2, 0) is 6.54 Å². The van der Waals surface area contributed by atoms with Gasteiger partial charge in [0.2, 0.25) is 11.3 Å². The maximum Gasteiger partial charge on any atom is 0.276 e. The van der Waals surface area contributed by atoms with Crippen molar-refractivity contribution in [1.82, 2.24) is 20.0 Å². The summed E-state index contributed by atoms with van der Waals surface area (Å²) in [5, 5.41) is 7.16. The van der Waals surface area contributed by atoms with Gasteiger partial charge in [-0.1, -0.05) is 30.3 Å². The van der Waals surface area contributed by atoms with Crippen molar-refractivity contribution in [2.24, 2.45) is 0 Å². The monoisotopic (exact) mass is 436 g/mol. The summed E-state index contributed by atoms with van der Waals surface area (Å²) in [6, 6.07) is 17.0. The molecule has 1 amide bonds. The molecule has 7 nitrogen and oxygen atoms in total. The second-order valence-corrected chi connectivity index (χ2v) is 7.80. The molecule has 1 aliphatic rings. The SMILES string of the molecule is COc1cc(=O)c(C(=O)NC2CCN(Cc3ccccc3)CC2)nn1-c1ccc(F)cc1. The molecule has 4 rings (SSSR count). The molecular formula is C24H25FN4O3. The predicted molar refractivity (Wildman–Crippen MR) is 119 cm³/mol. The first kappa shape index (κ1) is 21.7. The summed E-state index contributed by atoms with van der Waals surface area (Å²) in [4.78, 5) is 27.7. The van der Waals surface area contributed by atoms with Crippen LogP contribution in [0.1, 0.15) is 28.9 Å². The van der Waals surface area contributed by atoms with Crippen LogP contribution in [0.25, 0.3) is 5.69 Å². The number of hydrogen-bond acceptors (Lipinski definition) is 5. The fourth-order valence-corrected chi connectivity index (χ4v) is 3.84. The number of aromatic nitrogens is 2. The lowest BCUT2D eigenvalue weighted by atomic mass is 10.0. The quantitative estimate of drug-likeness (QED) is 0.643. The molecule has 0 unspecified atom stereocenters. The number of likely N-dealkylation sites (tertiary alicyclic amines) is 1. The minimum absolute atomic E-state index is 0.0305. The van der Waals surface area contributed by atoms with E-state index in [1.54, 1.807) is 0 Å². The highest BCUT2D eigenvalue weighted by molar-refractivity contribution is 5.92. The van der Waals surface area contributed by atoms with Crippen LogP contribution in [-0.4, -0.2) is 46.8 Å². The highest BCUT2D eigenvalue weighted by Gasteiger charge is 2.24. The summed E-state index contributed by atoms with van der Waals surface area (Å²) in [5.74, 6) is -0.757. The number of piperidine rings is 1. The summed E-state index contributed by atoms with van der Waals surface area (Å²) < 4.78 is 19.8. The first-order valence-corrected chi connectivity index (χ1v) is 10.5. The van der Waals surface area contributed by atoms with Crippen LogP contribution in [0.2, 0.25) is 0 Å². The molecule has 32 heavy (non-hydrogen) atoms. The second kappa shape index (κ2) is 9.74. The van der Waals surface area contributed by atoms with Gasteiger partial charge in [0.05, 0.1) is 18.9 Å². The summed E-state index contributed by atoms with van der Waals surface area (Å²) >= 11 is 0. The van der Waals surface area contributed by atoms with Gasteiger partial charge >= 0.3 is 0 Å². The Hall–Kier alpha value is -3.52. The number of methoxy groups -OCH3 is 1. The van der Waals surface area contributed by atoms with Crippen LogP contribution in [0.5, 0.6) is 5.88 Å². The van der Waals surface area contributed by atoms with Crippen LogP contribution < -0.4 is 15.5 Å². The van der Waals surface area contributed by atoms with Gasteiger partial charge in [-0.15, -0.1) is 0 Å². The highest BCUT2D eigenvalue weighted by Crippen LogP contribution is 2.17. The van der Waals surface area contributed by atoms with Crippen LogP contribution in [0.3, 0.4) is 0 Å². The maximum absolute atomic E-state index is 13.3. The standard InChI is InChI=1S/C24H25FN4O3/c1-32-22-15-21(30)23(27-29(22)20-9-7-18(25)8-10-20)24(31)26-19-11-13-28(14-12-19)16-17-5-3-2-4-6-17/h2-10,15,19H,11-14,16H2,1H3,(H,26,31). The Morgan fingerprint density at radius 2 is 1.81 bits per heavy atom. The van der Waals surface area contributed by atoms with Gasteiger partial charge in [-0.2, -0.15) is 5.10 Å². The van der Waals surface area contributed by atoms with Crippen LogP contribution in [0.15, 0.2) is 65.5 Å². The molecule has 0 spiro atoms. The first-order chi connectivity index (χ1) is 15.5. The fourth-order valence-electron chi connectivity index (χ4n) is 3.84. The number of benzene rings is 2. The minimum atomic E-state index is -0.528. The molecule has 8 heteroatoms. The molecule has 0 saturated carbocycles. The average molecular weight is 436 g/mol. The summed E-state index contributed by atoms with van der Waals surface area (Å²) in [6.45, 7) is 2.59. The van der Waals surface area contributed by atoms with Crippen molar-refractivity contribution in [2.45, 2.75) is 25.4 Å². The van der Waals surface area contributed by atoms with Gasteiger partial charge in [0.15, 0.2) is 5.69 Å². The molecule has 2 aromatic carbocycles. The average Bonchev–Trinajstić information content (AvgIpc) is 2.81. The second-order valence-electron chi connectivity index (χ2n) is 7.80. The predicted octanol–water partition coefficient (Wildman–Crippen LogP) is 2.77. The van der Waals surface area contributed by atoms with Gasteiger partial charge < -0.3 is 10.1 Å². The van der Waals surface area contributed by atoms with Crippen LogP contribution in [0.4, 0.5) is 4.39 Å². The lowest BCUT2D eigenvalue weighted by Crippen LogP contribution is -2.45. The van der Waals surface area contributed by atoms with Gasteiger partial charge in [-0.25, -0.2) is 9.07 Å². The zero-order chi connectivity index (χ0) is 22.5. The topological polar surface area (TPSA) is 76.5 Å². The highest BCUT2D eigenvalue weighted by atomic mass is 19.1. The molecule has 3 aromatic rings. The third-order valence-electron chi connectivity index (χ3n) is 5.56. The molecule has 0 aliphatic carbocycles. The third-order valence-corrected chi connectivity index (χ3v) is 5.56. The van der Waals surface area contributed by atoms with E-state index in [1.807, 2.05) is 18.2 Å². The Bertz CT molecular complexity index is 1120. The number of hydrogen-bond donors (Lipinski definition) is 1. The normalized spacial score (nSPS) is 14.8. The van der Waals surface area contributed by atoms with Crippen molar-refractivity contribution < 1.29 is 13.9 Å². The van der Waals surface area contributed by atoms with Crippen molar-refractivity contribution in [2.75, 3.05) is 20.2 Å². The van der Waals surface area contributed by atoms with Crippen molar-refractivity contribution in [3.8, 4) is 11.6 Å². The molecule has 2 heterocycles. The molecule has 0 bridgehead atoms. The van der Waals surface area contributed by atoms with E-state index in [4.69, 9.17) is 4.74 Å². The Kier molecular flexibility index (Phi) is 6.61. The Labute approximate surface area is 185 Å². The van der Waals surface area contributed by atoms with Gasteiger partial charge in [0.1, 0.15) is 5.82 Å². The first-order valence-electron chi connectivity index (χ1n) is 10.5. The van der Waals surface area contributed by atoms with E-state index in [0.717, 1.165) is 32.5 Å².